The van der Waals surface area contributed by atoms with Crippen molar-refractivity contribution in [2.75, 3.05) is 12.4 Å². The van der Waals surface area contributed by atoms with E-state index >= 15 is 0 Å². The van der Waals surface area contributed by atoms with Gasteiger partial charge in [0.15, 0.2) is 0 Å². The molecule has 0 radical (unpaired) electrons. The first-order valence-corrected chi connectivity index (χ1v) is 10.4. The minimum absolute atomic E-state index is 0.127. The molecule has 2 N–H and O–H groups in total. The third kappa shape index (κ3) is 3.94. The molecule has 0 aliphatic rings. The van der Waals surface area contributed by atoms with Crippen LogP contribution in [0, 0.1) is 0 Å². The minimum atomic E-state index is -0.391. The number of hydrogen-bond donors (Lipinski definition) is 2. The molecule has 0 unspecified atom stereocenters. The van der Waals surface area contributed by atoms with E-state index in [1.807, 2.05) is 48.7 Å². The van der Waals surface area contributed by atoms with Gasteiger partial charge in [0, 0.05) is 53.4 Å². The predicted octanol–water partition coefficient (Wildman–Crippen LogP) is 3.93. The Morgan fingerprint density at radius 1 is 1.09 bits per heavy atom. The summed E-state index contributed by atoms with van der Waals surface area (Å²) in [5.41, 5.74) is 4.34. The molecule has 0 amide bonds. The van der Waals surface area contributed by atoms with E-state index in [0.29, 0.717) is 29.1 Å². The lowest BCUT2D eigenvalue weighted by Crippen LogP contribution is -2.22. The van der Waals surface area contributed by atoms with Gasteiger partial charge in [0.2, 0.25) is 5.95 Å². The fourth-order valence-electron chi connectivity index (χ4n) is 3.86. The number of H-pyrrole nitrogens is 1. The summed E-state index contributed by atoms with van der Waals surface area (Å²) in [6, 6.07) is 16.8. The van der Waals surface area contributed by atoms with E-state index in [1.54, 1.807) is 25.4 Å². The molecule has 2 aromatic carbocycles. The Bertz CT molecular complexity index is 1550. The van der Waals surface area contributed by atoms with E-state index in [-0.39, 0.29) is 5.56 Å². The van der Waals surface area contributed by atoms with Crippen LogP contribution in [0.15, 0.2) is 71.8 Å². The van der Waals surface area contributed by atoms with E-state index in [2.05, 4.69) is 20.3 Å². The molecule has 0 atom stereocenters. The van der Waals surface area contributed by atoms with Crippen LogP contribution >= 0.6 is 0 Å². The van der Waals surface area contributed by atoms with Gasteiger partial charge in [-0.2, -0.15) is 4.98 Å². The molecule has 164 valence electrons. The summed E-state index contributed by atoms with van der Waals surface area (Å²) < 4.78 is 6.26. The van der Waals surface area contributed by atoms with Gasteiger partial charge in [-0.05, 0) is 48.0 Å². The van der Waals surface area contributed by atoms with E-state index < -0.39 is 5.97 Å². The van der Waals surface area contributed by atoms with Crippen molar-refractivity contribution in [1.82, 2.24) is 19.5 Å². The molecule has 3 heterocycles. The summed E-state index contributed by atoms with van der Waals surface area (Å²) in [5, 5.41) is 5.06. The highest BCUT2D eigenvalue weighted by molar-refractivity contribution is 5.89. The number of carbonyl (C=O) groups is 1. The van der Waals surface area contributed by atoms with Crippen LogP contribution in [-0.2, 0) is 18.2 Å². The fourth-order valence-corrected chi connectivity index (χ4v) is 3.86. The van der Waals surface area contributed by atoms with Crippen molar-refractivity contribution in [2.45, 2.75) is 6.42 Å². The van der Waals surface area contributed by atoms with Crippen molar-refractivity contribution >= 4 is 39.5 Å². The molecule has 8 heteroatoms. The highest BCUT2D eigenvalue weighted by atomic mass is 16.5. The lowest BCUT2D eigenvalue weighted by molar-refractivity contribution is 0.0600. The second-order valence-corrected chi connectivity index (χ2v) is 7.78. The number of nitrogens with zero attached hydrogens (tertiary/aromatic N) is 3. The number of carbonyl (C=O) groups excluding carboxylic acids is 1. The van der Waals surface area contributed by atoms with Crippen LogP contribution in [0.1, 0.15) is 21.5 Å². The van der Waals surface area contributed by atoms with Gasteiger partial charge in [-0.1, -0.05) is 12.1 Å². The van der Waals surface area contributed by atoms with Crippen LogP contribution in [0.3, 0.4) is 0 Å². The maximum absolute atomic E-state index is 13.0. The maximum atomic E-state index is 13.0. The summed E-state index contributed by atoms with van der Waals surface area (Å²) in [6.45, 7) is 0. The molecule has 0 fully saturated rings. The van der Waals surface area contributed by atoms with E-state index in [9.17, 15) is 9.59 Å². The molecule has 0 saturated carbocycles. The highest BCUT2D eigenvalue weighted by Gasteiger charge is 2.12. The van der Waals surface area contributed by atoms with Gasteiger partial charge < -0.3 is 15.0 Å². The summed E-state index contributed by atoms with van der Waals surface area (Å²) in [6.07, 6.45) is 4.03. The van der Waals surface area contributed by atoms with Gasteiger partial charge in [-0.25, -0.2) is 9.78 Å². The monoisotopic (exact) mass is 439 g/mol. The predicted molar refractivity (Wildman–Crippen MR) is 127 cm³/mol. The number of anilines is 2. The molecular weight excluding hydrogens is 418 g/mol. The van der Waals surface area contributed by atoms with Crippen molar-refractivity contribution in [3.05, 3.63) is 94.0 Å². The Morgan fingerprint density at radius 3 is 2.70 bits per heavy atom. The SMILES string of the molecule is COC(=O)c1ccc(Cc2cc3cnc(Nc4ccc5[nH]ccc5c4)nc3n(C)c2=O)cc1. The van der Waals surface area contributed by atoms with Gasteiger partial charge in [0.05, 0.1) is 12.7 Å². The van der Waals surface area contributed by atoms with Crippen LogP contribution in [0.25, 0.3) is 21.9 Å². The van der Waals surface area contributed by atoms with Gasteiger partial charge in [-0.3, -0.25) is 9.36 Å². The smallest absolute Gasteiger partial charge is 0.337 e. The summed E-state index contributed by atoms with van der Waals surface area (Å²) >= 11 is 0. The average molecular weight is 439 g/mol. The molecule has 33 heavy (non-hydrogen) atoms. The molecule has 0 spiro atoms. The summed E-state index contributed by atoms with van der Waals surface area (Å²) in [4.78, 5) is 36.8. The maximum Gasteiger partial charge on any atom is 0.337 e. The van der Waals surface area contributed by atoms with E-state index in [1.165, 1.54) is 11.7 Å². The number of aromatic nitrogens is 4. The quantitative estimate of drug-likeness (QED) is 0.402. The van der Waals surface area contributed by atoms with Crippen molar-refractivity contribution in [3.63, 3.8) is 0 Å². The van der Waals surface area contributed by atoms with E-state index in [0.717, 1.165) is 27.5 Å². The van der Waals surface area contributed by atoms with Crippen molar-refractivity contribution in [3.8, 4) is 0 Å². The molecule has 0 aliphatic carbocycles. The number of ether oxygens (including phenoxy) is 1. The number of aryl methyl sites for hydroxylation is 1. The molecule has 0 bridgehead atoms. The molecule has 5 aromatic rings. The topological polar surface area (TPSA) is 102 Å². The van der Waals surface area contributed by atoms with Crippen LogP contribution in [0.5, 0.6) is 0 Å². The van der Waals surface area contributed by atoms with Gasteiger partial charge in [-0.15, -0.1) is 0 Å². The molecule has 8 nitrogen and oxygen atoms in total. The first-order valence-electron chi connectivity index (χ1n) is 10.4. The summed E-state index contributed by atoms with van der Waals surface area (Å²) in [7, 11) is 3.05. The second kappa shape index (κ2) is 8.23. The van der Waals surface area contributed by atoms with Gasteiger partial charge in [0.25, 0.3) is 5.56 Å². The zero-order valence-electron chi connectivity index (χ0n) is 18.1. The van der Waals surface area contributed by atoms with Crippen LogP contribution in [0.4, 0.5) is 11.6 Å². The van der Waals surface area contributed by atoms with Crippen molar-refractivity contribution < 1.29 is 9.53 Å². The first kappa shape index (κ1) is 20.4. The zero-order valence-corrected chi connectivity index (χ0v) is 18.1. The lowest BCUT2D eigenvalue weighted by Gasteiger charge is -2.11. The molecular formula is C25H21N5O3. The number of rotatable bonds is 5. The van der Waals surface area contributed by atoms with E-state index in [4.69, 9.17) is 4.74 Å². The lowest BCUT2D eigenvalue weighted by atomic mass is 10.0. The molecule has 3 aromatic heterocycles. The third-order valence-corrected chi connectivity index (χ3v) is 5.60. The van der Waals surface area contributed by atoms with Crippen LogP contribution in [0.2, 0.25) is 0 Å². The minimum Gasteiger partial charge on any atom is -0.465 e. The number of methoxy groups -OCH3 is 1. The number of fused-ring (bicyclic) bond motifs is 2. The Morgan fingerprint density at radius 2 is 1.91 bits per heavy atom. The van der Waals surface area contributed by atoms with Crippen LogP contribution in [-0.4, -0.2) is 32.6 Å². The molecule has 5 rings (SSSR count). The largest absolute Gasteiger partial charge is 0.465 e. The number of aromatic amines is 1. The number of pyridine rings is 1. The number of hydrogen-bond acceptors (Lipinski definition) is 6. The second-order valence-electron chi connectivity index (χ2n) is 7.78. The standard InChI is InChI=1S/C25H21N5O3/c1-30-22-19(12-18(23(30)31)11-15-3-5-16(6-4-15)24(32)33-2)14-27-25(29-22)28-20-7-8-21-17(13-20)9-10-26-21/h3-10,12-14,26H,11H2,1-2H3,(H,27,28,29). The first-order chi connectivity index (χ1) is 16.0. The normalized spacial score (nSPS) is 11.1. The van der Waals surface area contributed by atoms with Gasteiger partial charge >= 0.3 is 5.97 Å². The Kier molecular flexibility index (Phi) is 5.10. The number of nitrogens with one attached hydrogen (secondary N) is 2. The van der Waals surface area contributed by atoms with Crippen molar-refractivity contribution in [2.24, 2.45) is 7.05 Å². The Labute approximate surface area is 188 Å². The average Bonchev–Trinajstić information content (AvgIpc) is 3.31. The fraction of sp³-hybridized carbons (Fsp3) is 0.120. The van der Waals surface area contributed by atoms with Gasteiger partial charge in [0.1, 0.15) is 5.65 Å². The van der Waals surface area contributed by atoms with Crippen molar-refractivity contribution in [1.29, 1.82) is 0 Å². The zero-order chi connectivity index (χ0) is 22.9. The Balaban J connectivity index is 1.43. The number of esters is 1. The molecule has 0 saturated heterocycles. The number of benzene rings is 2. The van der Waals surface area contributed by atoms with Crippen LogP contribution < -0.4 is 10.9 Å². The Hall–Kier alpha value is -4.46. The highest BCUT2D eigenvalue weighted by Crippen LogP contribution is 2.21. The summed E-state index contributed by atoms with van der Waals surface area (Å²) in [5.74, 6) is 0.0243. The molecule has 0 aliphatic heterocycles. The third-order valence-electron chi connectivity index (χ3n) is 5.60.